The molecule has 0 saturated carbocycles. The Bertz CT molecular complexity index is 1670. The molecule has 2 N–H and O–H groups in total. The van der Waals surface area contributed by atoms with Crippen molar-refractivity contribution in [2.45, 2.75) is 105 Å². The molecule has 2 saturated heterocycles. The zero-order valence-corrected chi connectivity index (χ0v) is 33.4. The van der Waals surface area contributed by atoms with Crippen LogP contribution in [0, 0.1) is 0 Å². The molecule has 6 amide bonds. The SMILES string of the molecule is C.C.CC(C)(C)OC(=O)N1CCC(OCCO)CC1.CC(C)(C)OC(=O)N1CCC(OCCON2C(=O)c3ccccc3C2=O)CC1.O=C1c2ccccc2C(=O)N1O. The summed E-state index contributed by atoms with van der Waals surface area (Å²) in [6.07, 6.45) is 2.61. The quantitative estimate of drug-likeness (QED) is 0.179. The first-order chi connectivity index (χ1) is 26.9. The summed E-state index contributed by atoms with van der Waals surface area (Å²) in [5.41, 5.74) is 0.258. The third-order valence-corrected chi connectivity index (χ3v) is 8.82. The highest BCUT2D eigenvalue weighted by atomic mass is 16.7. The highest BCUT2D eigenvalue weighted by Crippen LogP contribution is 2.24. The molecule has 0 bridgehead atoms. The minimum absolute atomic E-state index is 0. The van der Waals surface area contributed by atoms with Gasteiger partial charge in [-0.2, -0.15) is 0 Å². The summed E-state index contributed by atoms with van der Waals surface area (Å²) in [7, 11) is 0. The number of imide groups is 2. The molecule has 2 aromatic carbocycles. The molecule has 4 aliphatic rings. The van der Waals surface area contributed by atoms with E-state index in [0.717, 1.165) is 17.9 Å². The van der Waals surface area contributed by atoms with E-state index in [2.05, 4.69) is 0 Å². The van der Waals surface area contributed by atoms with Gasteiger partial charge >= 0.3 is 12.2 Å². The lowest BCUT2D eigenvalue weighted by Crippen LogP contribution is -2.43. The van der Waals surface area contributed by atoms with Gasteiger partial charge in [0.05, 0.1) is 60.9 Å². The Kier molecular flexibility index (Phi) is 19.1. The molecule has 328 valence electrons. The largest absolute Gasteiger partial charge is 0.444 e. The van der Waals surface area contributed by atoms with Crippen LogP contribution in [0.15, 0.2) is 48.5 Å². The van der Waals surface area contributed by atoms with Crippen LogP contribution < -0.4 is 0 Å². The van der Waals surface area contributed by atoms with Crippen molar-refractivity contribution >= 4 is 35.8 Å². The summed E-state index contributed by atoms with van der Waals surface area (Å²) in [6.45, 7) is 14.3. The average Bonchev–Trinajstić information content (AvgIpc) is 3.54. The predicted octanol–water partition coefficient (Wildman–Crippen LogP) is 5.97. The molecule has 2 aromatic rings. The van der Waals surface area contributed by atoms with Crippen molar-refractivity contribution in [1.29, 1.82) is 0 Å². The highest BCUT2D eigenvalue weighted by molar-refractivity contribution is 6.21. The summed E-state index contributed by atoms with van der Waals surface area (Å²) in [5.74, 6) is -2.22. The van der Waals surface area contributed by atoms with Crippen LogP contribution >= 0.6 is 0 Å². The van der Waals surface area contributed by atoms with Gasteiger partial charge in [-0.3, -0.25) is 29.2 Å². The molecule has 4 heterocycles. The van der Waals surface area contributed by atoms with Crippen LogP contribution in [0.3, 0.4) is 0 Å². The van der Waals surface area contributed by atoms with Crippen molar-refractivity contribution in [3.8, 4) is 0 Å². The molecule has 4 aliphatic heterocycles. The van der Waals surface area contributed by atoms with E-state index < -0.39 is 34.8 Å². The van der Waals surface area contributed by atoms with Gasteiger partial charge in [-0.25, -0.2) is 9.59 Å². The first-order valence-electron chi connectivity index (χ1n) is 19.0. The number of hydrogen-bond donors (Lipinski definition) is 2. The summed E-state index contributed by atoms with van der Waals surface area (Å²) in [6, 6.07) is 12.9. The number of fused-ring (bicyclic) bond motifs is 2. The molecule has 59 heavy (non-hydrogen) atoms. The van der Waals surface area contributed by atoms with E-state index in [4.69, 9.17) is 34.1 Å². The van der Waals surface area contributed by atoms with Gasteiger partial charge in [0.1, 0.15) is 11.2 Å². The first kappa shape index (κ1) is 50.2. The number of carbonyl (C=O) groups is 6. The normalized spacial score (nSPS) is 16.8. The van der Waals surface area contributed by atoms with Crippen LogP contribution in [0.2, 0.25) is 0 Å². The summed E-state index contributed by atoms with van der Waals surface area (Å²) in [4.78, 5) is 79.1. The minimum Gasteiger partial charge on any atom is -0.444 e. The molecule has 0 unspecified atom stereocenters. The number of rotatable bonds is 8. The number of nitrogens with zero attached hydrogens (tertiary/aromatic N) is 4. The van der Waals surface area contributed by atoms with Gasteiger partial charge in [0.25, 0.3) is 23.6 Å². The van der Waals surface area contributed by atoms with Crippen molar-refractivity contribution in [2.75, 3.05) is 52.6 Å². The van der Waals surface area contributed by atoms with Gasteiger partial charge in [0.15, 0.2) is 0 Å². The Balaban J connectivity index is 0.000000330. The van der Waals surface area contributed by atoms with E-state index in [9.17, 15) is 28.8 Å². The molecule has 2 fully saturated rings. The zero-order valence-electron chi connectivity index (χ0n) is 33.4. The third kappa shape index (κ3) is 14.4. The number of piperidine rings is 2. The summed E-state index contributed by atoms with van der Waals surface area (Å²) < 4.78 is 21.9. The maximum absolute atomic E-state index is 12.2. The topological polar surface area (TPSA) is 202 Å². The lowest BCUT2D eigenvalue weighted by molar-refractivity contribution is -0.115. The molecule has 0 aromatic heterocycles. The number of likely N-dealkylation sites (tertiary alicyclic amines) is 2. The predicted molar refractivity (Wildman–Crippen MR) is 216 cm³/mol. The van der Waals surface area contributed by atoms with E-state index >= 15 is 0 Å². The van der Waals surface area contributed by atoms with E-state index in [0.29, 0.717) is 56.8 Å². The maximum atomic E-state index is 12.2. The number of carbonyl (C=O) groups excluding carboxylic acids is 6. The maximum Gasteiger partial charge on any atom is 0.410 e. The van der Waals surface area contributed by atoms with E-state index in [1.165, 1.54) is 12.1 Å². The standard InChI is InChI=1S/C20H26N2O6.C12H23NO4.C8H5NO3.2CH4/c1-20(2,3)28-19(25)21-10-8-14(9-11-21)26-12-13-27-22-17(23)15-6-4-5-7-16(15)18(22)24;1-12(2,3)17-11(15)13-6-4-10(5-7-13)16-9-8-14;10-7-5-3-1-2-4-6(5)8(11)9(7)12;;/h4-7,14H,8-13H2,1-3H3;10,14H,4-9H2,1-3H3;1-4,12H;2*1H4. The third-order valence-electron chi connectivity index (χ3n) is 8.82. The molecular formula is C42H62N4O13. The number of hydrogen-bond acceptors (Lipinski definition) is 13. The summed E-state index contributed by atoms with van der Waals surface area (Å²) >= 11 is 0. The average molecular weight is 831 g/mol. The zero-order chi connectivity index (χ0) is 41.9. The Labute approximate surface area is 347 Å². The van der Waals surface area contributed by atoms with Gasteiger partial charge < -0.3 is 33.9 Å². The van der Waals surface area contributed by atoms with Crippen molar-refractivity contribution < 1.29 is 62.9 Å². The number of amides is 6. The number of aliphatic hydroxyl groups is 1. The van der Waals surface area contributed by atoms with Gasteiger partial charge in [-0.15, -0.1) is 10.1 Å². The van der Waals surface area contributed by atoms with Crippen LogP contribution in [-0.4, -0.2) is 142 Å². The molecule has 0 aliphatic carbocycles. The molecule has 0 atom stereocenters. The van der Waals surface area contributed by atoms with Crippen molar-refractivity contribution in [1.82, 2.24) is 19.9 Å². The minimum atomic E-state index is -0.657. The van der Waals surface area contributed by atoms with Crippen LogP contribution in [0.5, 0.6) is 0 Å². The Morgan fingerprint density at radius 2 is 0.932 bits per heavy atom. The van der Waals surface area contributed by atoms with Gasteiger partial charge in [-0.1, -0.05) is 39.1 Å². The fourth-order valence-electron chi connectivity index (χ4n) is 6.09. The Hall–Kier alpha value is -4.94. The van der Waals surface area contributed by atoms with E-state index in [-0.39, 0.29) is 75.3 Å². The molecule has 17 heteroatoms. The molecule has 17 nitrogen and oxygen atoms in total. The van der Waals surface area contributed by atoms with E-state index in [1.807, 2.05) is 41.5 Å². The smallest absolute Gasteiger partial charge is 0.410 e. The van der Waals surface area contributed by atoms with Crippen molar-refractivity contribution in [3.63, 3.8) is 0 Å². The molecule has 0 spiro atoms. The monoisotopic (exact) mass is 830 g/mol. The van der Waals surface area contributed by atoms with Gasteiger partial charge in [0, 0.05) is 26.2 Å². The second kappa shape index (κ2) is 22.4. The second-order valence-electron chi connectivity index (χ2n) is 15.5. The molecule has 6 rings (SSSR count). The molecule has 0 radical (unpaired) electrons. The van der Waals surface area contributed by atoms with Crippen LogP contribution in [0.4, 0.5) is 9.59 Å². The number of aliphatic hydroxyl groups excluding tert-OH is 1. The molecular weight excluding hydrogens is 768 g/mol. The van der Waals surface area contributed by atoms with Crippen LogP contribution in [0.25, 0.3) is 0 Å². The van der Waals surface area contributed by atoms with Crippen molar-refractivity contribution in [3.05, 3.63) is 70.8 Å². The van der Waals surface area contributed by atoms with Crippen LogP contribution in [-0.2, 0) is 23.8 Å². The van der Waals surface area contributed by atoms with Crippen LogP contribution in [0.1, 0.15) is 124 Å². The highest BCUT2D eigenvalue weighted by Gasteiger charge is 2.37. The number of hydroxylamine groups is 4. The van der Waals surface area contributed by atoms with Gasteiger partial charge in [-0.05, 0) is 91.5 Å². The Morgan fingerprint density at radius 1 is 0.593 bits per heavy atom. The van der Waals surface area contributed by atoms with Crippen molar-refractivity contribution in [2.24, 2.45) is 0 Å². The van der Waals surface area contributed by atoms with E-state index in [1.54, 1.807) is 46.2 Å². The lowest BCUT2D eigenvalue weighted by Gasteiger charge is -2.33. The van der Waals surface area contributed by atoms with Gasteiger partial charge in [0.2, 0.25) is 0 Å². The first-order valence-corrected chi connectivity index (χ1v) is 19.0. The second-order valence-corrected chi connectivity index (χ2v) is 15.5. The fourth-order valence-corrected chi connectivity index (χ4v) is 6.09. The Morgan fingerprint density at radius 3 is 1.27 bits per heavy atom. The number of benzene rings is 2. The lowest BCUT2D eigenvalue weighted by atomic mass is 10.1. The summed E-state index contributed by atoms with van der Waals surface area (Å²) in [5, 5.41) is 18.5. The number of ether oxygens (including phenoxy) is 4. The fraction of sp³-hybridized carbons (Fsp3) is 0.571.